The van der Waals surface area contributed by atoms with E-state index < -0.39 is 22.0 Å². The maximum atomic E-state index is 12.6. The smallest absolute Gasteiger partial charge is 0.323 e. The van der Waals surface area contributed by atoms with E-state index in [1.807, 2.05) is 30.3 Å². The predicted molar refractivity (Wildman–Crippen MR) is 116 cm³/mol. The molecule has 0 radical (unpaired) electrons. The number of ether oxygens (including phenoxy) is 2. The Morgan fingerprint density at radius 2 is 1.65 bits per heavy atom. The van der Waals surface area contributed by atoms with Crippen molar-refractivity contribution in [1.82, 2.24) is 10.0 Å². The third-order valence-electron chi connectivity index (χ3n) is 4.63. The summed E-state index contributed by atoms with van der Waals surface area (Å²) < 4.78 is 37.3. The highest BCUT2D eigenvalue weighted by Crippen LogP contribution is 2.17. The van der Waals surface area contributed by atoms with Crippen LogP contribution in [0.4, 0.5) is 0 Å². The molecule has 0 saturated heterocycles. The fourth-order valence-electron chi connectivity index (χ4n) is 2.90. The van der Waals surface area contributed by atoms with E-state index in [4.69, 9.17) is 9.47 Å². The van der Waals surface area contributed by atoms with Gasteiger partial charge in [-0.05, 0) is 42.7 Å². The van der Waals surface area contributed by atoms with Crippen molar-refractivity contribution >= 4 is 21.9 Å². The Hall–Kier alpha value is -2.91. The minimum Gasteiger partial charge on any atom is -0.497 e. The minimum absolute atomic E-state index is 0.0162. The fraction of sp³-hybridized carbons (Fsp3) is 0.364. The van der Waals surface area contributed by atoms with Crippen LogP contribution >= 0.6 is 0 Å². The highest BCUT2D eigenvalue weighted by atomic mass is 32.2. The molecule has 31 heavy (non-hydrogen) atoms. The molecule has 9 heteroatoms. The summed E-state index contributed by atoms with van der Waals surface area (Å²) in [6.45, 7) is 0.451. The summed E-state index contributed by atoms with van der Waals surface area (Å²) >= 11 is 0. The highest BCUT2D eigenvalue weighted by Gasteiger charge is 2.26. The van der Waals surface area contributed by atoms with Gasteiger partial charge in [0.15, 0.2) is 0 Å². The van der Waals surface area contributed by atoms with E-state index in [1.165, 1.54) is 38.5 Å². The molecule has 0 fully saturated rings. The maximum Gasteiger partial charge on any atom is 0.323 e. The second kappa shape index (κ2) is 12.1. The molecule has 8 nitrogen and oxygen atoms in total. The summed E-state index contributed by atoms with van der Waals surface area (Å²) in [6.07, 6.45) is 1.49. The average Bonchev–Trinajstić information content (AvgIpc) is 2.79. The Morgan fingerprint density at radius 3 is 2.26 bits per heavy atom. The van der Waals surface area contributed by atoms with Gasteiger partial charge in [-0.3, -0.25) is 9.59 Å². The topological polar surface area (TPSA) is 111 Å². The van der Waals surface area contributed by atoms with Gasteiger partial charge in [-0.25, -0.2) is 8.42 Å². The van der Waals surface area contributed by atoms with Crippen molar-refractivity contribution in [2.24, 2.45) is 0 Å². The number of amides is 1. The Bertz CT molecular complexity index is 946. The summed E-state index contributed by atoms with van der Waals surface area (Å²) in [5, 5.41) is 2.84. The first kappa shape index (κ1) is 24.4. The maximum absolute atomic E-state index is 12.6. The van der Waals surface area contributed by atoms with Gasteiger partial charge in [-0.1, -0.05) is 36.8 Å². The van der Waals surface area contributed by atoms with Gasteiger partial charge < -0.3 is 14.8 Å². The van der Waals surface area contributed by atoms with Gasteiger partial charge in [0.05, 0.1) is 19.1 Å². The molecular weight excluding hydrogens is 420 g/mol. The van der Waals surface area contributed by atoms with E-state index in [1.54, 1.807) is 0 Å². The third-order valence-corrected chi connectivity index (χ3v) is 6.12. The van der Waals surface area contributed by atoms with Crippen LogP contribution in [0.2, 0.25) is 0 Å². The lowest BCUT2D eigenvalue weighted by molar-refractivity contribution is -0.142. The van der Waals surface area contributed by atoms with E-state index in [-0.39, 0.29) is 23.6 Å². The van der Waals surface area contributed by atoms with Crippen molar-refractivity contribution in [1.29, 1.82) is 0 Å². The number of methoxy groups -OCH3 is 2. The van der Waals surface area contributed by atoms with Gasteiger partial charge in [0.2, 0.25) is 15.9 Å². The van der Waals surface area contributed by atoms with Gasteiger partial charge in [0, 0.05) is 13.0 Å². The average molecular weight is 449 g/mol. The minimum atomic E-state index is -3.92. The highest BCUT2D eigenvalue weighted by molar-refractivity contribution is 7.89. The van der Waals surface area contributed by atoms with Crippen LogP contribution in [0.25, 0.3) is 0 Å². The molecule has 1 amide bonds. The first-order valence-electron chi connectivity index (χ1n) is 9.90. The molecule has 0 unspecified atom stereocenters. The summed E-state index contributed by atoms with van der Waals surface area (Å²) in [6, 6.07) is 14.4. The summed E-state index contributed by atoms with van der Waals surface area (Å²) in [4.78, 5) is 24.1. The van der Waals surface area contributed by atoms with Gasteiger partial charge in [-0.15, -0.1) is 0 Å². The van der Waals surface area contributed by atoms with Crippen molar-refractivity contribution in [3.63, 3.8) is 0 Å². The number of esters is 1. The number of carbonyl (C=O) groups is 2. The number of benzene rings is 2. The molecule has 0 bridgehead atoms. The van der Waals surface area contributed by atoms with Crippen LogP contribution in [0.1, 0.15) is 31.2 Å². The van der Waals surface area contributed by atoms with Crippen LogP contribution in [0, 0.1) is 0 Å². The standard InChI is InChI=1S/C22H28N2O6S/c1-29-18-12-14-19(15-13-18)31(27,28)24-20(22(26)30-2)10-6-7-11-21(25)23-16-17-8-4-3-5-9-17/h3-5,8-9,12-15,20,24H,6-7,10-11,16H2,1-2H3,(H,23,25)/t20-/m1/s1. The Balaban J connectivity index is 1.84. The lowest BCUT2D eigenvalue weighted by atomic mass is 10.1. The van der Waals surface area contributed by atoms with E-state index in [9.17, 15) is 18.0 Å². The van der Waals surface area contributed by atoms with Gasteiger partial charge in [0.25, 0.3) is 0 Å². The largest absolute Gasteiger partial charge is 0.497 e. The molecule has 2 rings (SSSR count). The van der Waals surface area contributed by atoms with Crippen molar-refractivity contribution < 1.29 is 27.5 Å². The van der Waals surface area contributed by atoms with Crippen LogP contribution < -0.4 is 14.8 Å². The molecule has 2 aromatic carbocycles. The number of hydrogen-bond donors (Lipinski definition) is 2. The second-order valence-electron chi connectivity index (χ2n) is 6.88. The van der Waals surface area contributed by atoms with E-state index in [2.05, 4.69) is 10.0 Å². The predicted octanol–water partition coefficient (Wildman–Crippen LogP) is 2.39. The summed E-state index contributed by atoms with van der Waals surface area (Å²) in [5.74, 6) is -0.253. The number of rotatable bonds is 12. The molecule has 0 aliphatic carbocycles. The normalized spacial score (nSPS) is 12.1. The molecule has 0 heterocycles. The van der Waals surface area contributed by atoms with Gasteiger partial charge in [0.1, 0.15) is 11.8 Å². The molecule has 0 aliphatic heterocycles. The molecule has 2 aromatic rings. The molecule has 0 aromatic heterocycles. The molecule has 0 aliphatic rings. The molecule has 168 valence electrons. The number of unbranched alkanes of at least 4 members (excludes halogenated alkanes) is 1. The molecule has 1 atom stereocenters. The molecule has 0 spiro atoms. The Morgan fingerprint density at radius 1 is 0.968 bits per heavy atom. The molecule has 2 N–H and O–H groups in total. The summed E-state index contributed by atoms with van der Waals surface area (Å²) in [5.41, 5.74) is 1.01. The lowest BCUT2D eigenvalue weighted by Gasteiger charge is -2.17. The van der Waals surface area contributed by atoms with Crippen molar-refractivity contribution in [2.75, 3.05) is 14.2 Å². The summed E-state index contributed by atoms with van der Waals surface area (Å²) in [7, 11) is -1.23. The van der Waals surface area contributed by atoms with E-state index in [0.29, 0.717) is 25.1 Å². The lowest BCUT2D eigenvalue weighted by Crippen LogP contribution is -2.41. The van der Waals surface area contributed by atoms with Crippen LogP contribution in [0.3, 0.4) is 0 Å². The van der Waals surface area contributed by atoms with Crippen LogP contribution in [0.5, 0.6) is 5.75 Å². The zero-order valence-corrected chi connectivity index (χ0v) is 18.5. The second-order valence-corrected chi connectivity index (χ2v) is 8.59. The number of sulfonamides is 1. The Labute approximate surface area is 183 Å². The molecular formula is C22H28N2O6S. The quantitative estimate of drug-likeness (QED) is 0.381. The Kier molecular flexibility index (Phi) is 9.48. The van der Waals surface area contributed by atoms with E-state index in [0.717, 1.165) is 5.56 Å². The van der Waals surface area contributed by atoms with Crippen molar-refractivity contribution in [3.05, 3.63) is 60.2 Å². The monoisotopic (exact) mass is 448 g/mol. The van der Waals surface area contributed by atoms with Crippen LogP contribution in [-0.2, 0) is 30.9 Å². The first-order chi connectivity index (χ1) is 14.9. The third kappa shape index (κ3) is 8.03. The van der Waals surface area contributed by atoms with Crippen LogP contribution in [-0.4, -0.2) is 40.6 Å². The first-order valence-corrected chi connectivity index (χ1v) is 11.4. The number of nitrogens with one attached hydrogen (secondary N) is 2. The zero-order chi connectivity index (χ0) is 22.7. The number of hydrogen-bond acceptors (Lipinski definition) is 6. The van der Waals surface area contributed by atoms with Gasteiger partial charge in [-0.2, -0.15) is 4.72 Å². The van der Waals surface area contributed by atoms with Crippen LogP contribution in [0.15, 0.2) is 59.5 Å². The zero-order valence-electron chi connectivity index (χ0n) is 17.7. The number of carbonyl (C=O) groups excluding carboxylic acids is 2. The van der Waals surface area contributed by atoms with Gasteiger partial charge >= 0.3 is 5.97 Å². The SMILES string of the molecule is COC(=O)[C@@H](CCCCC(=O)NCc1ccccc1)NS(=O)(=O)c1ccc(OC)cc1. The van der Waals surface area contributed by atoms with Crippen molar-refractivity contribution in [3.8, 4) is 5.75 Å². The van der Waals surface area contributed by atoms with E-state index >= 15 is 0 Å². The molecule has 0 saturated carbocycles. The fourth-order valence-corrected chi connectivity index (χ4v) is 4.12. The van der Waals surface area contributed by atoms with Crippen molar-refractivity contribution in [2.45, 2.75) is 43.2 Å².